The van der Waals surface area contributed by atoms with E-state index in [1.54, 1.807) is 0 Å². The van der Waals surface area contributed by atoms with Crippen LogP contribution in [0.3, 0.4) is 0 Å². The first kappa shape index (κ1) is 14.1. The number of aryl methyl sites for hydroxylation is 2. The highest BCUT2D eigenvalue weighted by Gasteiger charge is 2.51. The van der Waals surface area contributed by atoms with Crippen LogP contribution in [-0.4, -0.2) is 24.0 Å². The van der Waals surface area contributed by atoms with E-state index in [0.29, 0.717) is 25.7 Å². The smallest absolute Gasteiger partial charge is 0.156 e. The molecule has 4 heteroatoms. The summed E-state index contributed by atoms with van der Waals surface area (Å²) in [6, 6.07) is 6.06. The first-order valence-electron chi connectivity index (χ1n) is 7.36. The zero-order valence-corrected chi connectivity index (χ0v) is 12.9. The van der Waals surface area contributed by atoms with E-state index >= 15 is 0 Å². The third-order valence-corrected chi connectivity index (χ3v) is 7.67. The molecule has 2 saturated heterocycles. The van der Waals surface area contributed by atoms with E-state index in [2.05, 4.69) is 0 Å². The van der Waals surface area contributed by atoms with E-state index in [-0.39, 0.29) is 10.5 Å². The molecule has 2 aliphatic heterocycles. The van der Waals surface area contributed by atoms with Gasteiger partial charge in [0, 0.05) is 0 Å². The molecule has 2 fully saturated rings. The van der Waals surface area contributed by atoms with Crippen LogP contribution in [-0.2, 0) is 15.4 Å². The van der Waals surface area contributed by atoms with Gasteiger partial charge < -0.3 is 5.11 Å². The van der Waals surface area contributed by atoms with Crippen molar-refractivity contribution < 1.29 is 13.5 Å². The van der Waals surface area contributed by atoms with E-state index in [0.717, 1.165) is 23.1 Å². The molecule has 20 heavy (non-hydrogen) atoms. The summed E-state index contributed by atoms with van der Waals surface area (Å²) >= 11 is 0. The molecule has 2 unspecified atom stereocenters. The van der Waals surface area contributed by atoms with Crippen LogP contribution in [0.15, 0.2) is 18.2 Å². The van der Waals surface area contributed by atoms with Crippen molar-refractivity contribution in [3.8, 4) is 0 Å². The molecular formula is C16H22O3S. The van der Waals surface area contributed by atoms with Crippen molar-refractivity contribution in [2.45, 2.75) is 62.1 Å². The van der Waals surface area contributed by atoms with Gasteiger partial charge in [0.1, 0.15) is 0 Å². The van der Waals surface area contributed by atoms with Crippen LogP contribution in [0.1, 0.15) is 48.8 Å². The fourth-order valence-corrected chi connectivity index (χ4v) is 6.45. The maximum atomic E-state index is 12.4. The van der Waals surface area contributed by atoms with E-state index in [4.69, 9.17) is 0 Å². The Labute approximate surface area is 120 Å². The molecule has 1 N–H and O–H groups in total. The standard InChI is InChI=1S/C16H22O3S/c1-11-6-7-12(2)15(8-11)16(17)9-13-4-3-5-14(10-16)20(13,18)19/h6-8,13-14,17H,3-5,9-10H2,1-2H3. The van der Waals surface area contributed by atoms with Crippen LogP contribution in [0.5, 0.6) is 0 Å². The average molecular weight is 294 g/mol. The van der Waals surface area contributed by atoms with Gasteiger partial charge in [-0.2, -0.15) is 0 Å². The lowest BCUT2D eigenvalue weighted by Gasteiger charge is -2.44. The molecule has 0 saturated carbocycles. The van der Waals surface area contributed by atoms with Crippen molar-refractivity contribution in [1.29, 1.82) is 0 Å². The van der Waals surface area contributed by atoms with Crippen molar-refractivity contribution in [2.24, 2.45) is 0 Å². The molecular weight excluding hydrogens is 272 g/mol. The highest BCUT2D eigenvalue weighted by Crippen LogP contribution is 2.46. The Hall–Kier alpha value is -0.870. The van der Waals surface area contributed by atoms with Gasteiger partial charge in [-0.15, -0.1) is 0 Å². The zero-order valence-electron chi connectivity index (χ0n) is 12.1. The summed E-state index contributed by atoms with van der Waals surface area (Å²) in [7, 11) is -3.03. The van der Waals surface area contributed by atoms with Crippen molar-refractivity contribution >= 4 is 9.84 Å². The van der Waals surface area contributed by atoms with Crippen molar-refractivity contribution in [3.05, 3.63) is 34.9 Å². The Morgan fingerprint density at radius 2 is 1.75 bits per heavy atom. The number of hydrogen-bond acceptors (Lipinski definition) is 3. The lowest BCUT2D eigenvalue weighted by Crippen LogP contribution is -2.50. The van der Waals surface area contributed by atoms with Gasteiger partial charge >= 0.3 is 0 Å². The monoisotopic (exact) mass is 294 g/mol. The average Bonchev–Trinajstić information content (AvgIpc) is 2.34. The van der Waals surface area contributed by atoms with Gasteiger partial charge in [-0.05, 0) is 50.7 Å². The summed E-state index contributed by atoms with van der Waals surface area (Å²) < 4.78 is 24.7. The third-order valence-electron chi connectivity index (χ3n) is 5.01. The van der Waals surface area contributed by atoms with Gasteiger partial charge in [-0.25, -0.2) is 8.42 Å². The molecule has 1 aromatic carbocycles. The van der Waals surface area contributed by atoms with Crippen molar-refractivity contribution in [1.82, 2.24) is 0 Å². The largest absolute Gasteiger partial charge is 0.385 e. The second-order valence-corrected chi connectivity index (χ2v) is 9.03. The van der Waals surface area contributed by atoms with Crippen LogP contribution in [0.2, 0.25) is 0 Å². The summed E-state index contributed by atoms with van der Waals surface area (Å²) in [4.78, 5) is 0. The quantitative estimate of drug-likeness (QED) is 0.866. The molecule has 3 nitrogen and oxygen atoms in total. The van der Waals surface area contributed by atoms with Gasteiger partial charge in [-0.3, -0.25) is 0 Å². The Morgan fingerprint density at radius 3 is 2.35 bits per heavy atom. The number of fused-ring (bicyclic) bond motifs is 2. The zero-order chi connectivity index (χ0) is 14.5. The topological polar surface area (TPSA) is 54.4 Å². The van der Waals surface area contributed by atoms with Crippen LogP contribution < -0.4 is 0 Å². The Kier molecular flexibility index (Phi) is 3.22. The lowest BCUT2D eigenvalue weighted by molar-refractivity contribution is 0.00441. The van der Waals surface area contributed by atoms with Crippen LogP contribution in [0.4, 0.5) is 0 Å². The molecule has 110 valence electrons. The normalized spacial score (nSPS) is 35.8. The lowest BCUT2D eigenvalue weighted by atomic mass is 9.78. The summed E-state index contributed by atoms with van der Waals surface area (Å²) in [6.07, 6.45) is 3.09. The molecule has 0 aliphatic carbocycles. The van der Waals surface area contributed by atoms with Crippen molar-refractivity contribution in [3.63, 3.8) is 0 Å². The Bertz CT molecular complexity index is 613. The molecule has 2 atom stereocenters. The van der Waals surface area contributed by atoms with E-state index in [1.807, 2.05) is 32.0 Å². The molecule has 2 aliphatic rings. The number of sulfone groups is 1. The molecule has 1 aromatic rings. The van der Waals surface area contributed by atoms with Crippen LogP contribution in [0.25, 0.3) is 0 Å². The molecule has 0 spiro atoms. The van der Waals surface area contributed by atoms with Gasteiger partial charge in [0.25, 0.3) is 0 Å². The maximum Gasteiger partial charge on any atom is 0.156 e. The molecule has 0 radical (unpaired) electrons. The highest BCUT2D eigenvalue weighted by molar-refractivity contribution is 7.92. The van der Waals surface area contributed by atoms with Gasteiger partial charge in [-0.1, -0.05) is 30.2 Å². The fraction of sp³-hybridized carbons (Fsp3) is 0.625. The molecule has 3 rings (SSSR count). The first-order chi connectivity index (χ1) is 9.33. The third kappa shape index (κ3) is 2.09. The summed E-state index contributed by atoms with van der Waals surface area (Å²) in [6.45, 7) is 4.00. The number of hydrogen-bond donors (Lipinski definition) is 1. The molecule has 2 bridgehead atoms. The minimum Gasteiger partial charge on any atom is -0.385 e. The van der Waals surface area contributed by atoms with Gasteiger partial charge in [0.05, 0.1) is 16.1 Å². The minimum absolute atomic E-state index is 0.357. The minimum atomic E-state index is -3.03. The Balaban J connectivity index is 2.04. The van der Waals surface area contributed by atoms with E-state index < -0.39 is 15.4 Å². The summed E-state index contributed by atoms with van der Waals surface area (Å²) in [5.74, 6) is 0. The van der Waals surface area contributed by atoms with E-state index in [9.17, 15) is 13.5 Å². The van der Waals surface area contributed by atoms with Gasteiger partial charge in [0.15, 0.2) is 9.84 Å². The number of benzene rings is 1. The van der Waals surface area contributed by atoms with E-state index in [1.165, 1.54) is 0 Å². The predicted octanol–water partition coefficient (Wildman–Crippen LogP) is 2.62. The maximum absolute atomic E-state index is 12.4. The number of aliphatic hydroxyl groups is 1. The first-order valence-corrected chi connectivity index (χ1v) is 8.97. The van der Waals surface area contributed by atoms with Crippen LogP contribution in [0, 0.1) is 13.8 Å². The van der Waals surface area contributed by atoms with Crippen molar-refractivity contribution in [2.75, 3.05) is 0 Å². The van der Waals surface area contributed by atoms with Gasteiger partial charge in [0.2, 0.25) is 0 Å². The Morgan fingerprint density at radius 1 is 1.15 bits per heavy atom. The predicted molar refractivity (Wildman–Crippen MR) is 79.4 cm³/mol. The molecule has 0 aromatic heterocycles. The highest BCUT2D eigenvalue weighted by atomic mass is 32.2. The molecule has 0 amide bonds. The molecule has 2 heterocycles. The summed E-state index contributed by atoms with van der Waals surface area (Å²) in [5.41, 5.74) is 2.11. The van der Waals surface area contributed by atoms with Crippen LogP contribution >= 0.6 is 0 Å². The second kappa shape index (κ2) is 4.57. The summed E-state index contributed by atoms with van der Waals surface area (Å²) in [5, 5.41) is 10.4. The second-order valence-electron chi connectivity index (χ2n) is 6.52. The SMILES string of the molecule is Cc1ccc(C)c(C2(O)CC3CCCC(C2)S3(=O)=O)c1. The number of rotatable bonds is 1. The fourth-order valence-electron chi connectivity index (χ4n) is 3.90.